The molecule has 2 aromatic rings. The van der Waals surface area contributed by atoms with Gasteiger partial charge in [0.2, 0.25) is 0 Å². The van der Waals surface area contributed by atoms with Crippen LogP contribution in [-0.2, 0) is 24.5 Å². The van der Waals surface area contributed by atoms with Gasteiger partial charge in [-0.25, -0.2) is 0 Å². The Labute approximate surface area is 117 Å². The molecule has 0 aliphatic carbocycles. The van der Waals surface area contributed by atoms with Crippen LogP contribution in [0.25, 0.3) is 0 Å². The molecule has 1 aromatic carbocycles. The molecule has 0 bridgehead atoms. The standard InChI is InChI=1S/C14H18N2O4/c1-17-9-13-5-11(16-20-13)8-19-14-6-12(18-2)4-3-10(14)7-15/h3-6H,7-9,15H2,1-2H3. The number of benzene rings is 1. The number of hydrogen-bond donors (Lipinski definition) is 1. The van der Waals surface area contributed by atoms with Crippen molar-refractivity contribution in [1.29, 1.82) is 0 Å². The zero-order chi connectivity index (χ0) is 14.4. The molecule has 6 heteroatoms. The van der Waals surface area contributed by atoms with Crippen molar-refractivity contribution in [3.8, 4) is 11.5 Å². The van der Waals surface area contributed by atoms with Crippen molar-refractivity contribution in [2.75, 3.05) is 14.2 Å². The highest BCUT2D eigenvalue weighted by molar-refractivity contribution is 5.40. The topological polar surface area (TPSA) is 79.7 Å². The first-order chi connectivity index (χ1) is 9.76. The molecule has 0 spiro atoms. The van der Waals surface area contributed by atoms with E-state index >= 15 is 0 Å². The van der Waals surface area contributed by atoms with Crippen molar-refractivity contribution in [2.24, 2.45) is 5.73 Å². The van der Waals surface area contributed by atoms with Gasteiger partial charge >= 0.3 is 0 Å². The van der Waals surface area contributed by atoms with E-state index in [9.17, 15) is 0 Å². The lowest BCUT2D eigenvalue weighted by atomic mass is 10.2. The van der Waals surface area contributed by atoms with Gasteiger partial charge in [-0.2, -0.15) is 0 Å². The minimum atomic E-state index is 0.299. The Morgan fingerprint density at radius 1 is 1.20 bits per heavy atom. The number of aromatic nitrogens is 1. The number of rotatable bonds is 7. The highest BCUT2D eigenvalue weighted by Crippen LogP contribution is 2.25. The fourth-order valence-electron chi connectivity index (χ4n) is 1.75. The van der Waals surface area contributed by atoms with Gasteiger partial charge in [0.05, 0.1) is 7.11 Å². The number of methoxy groups -OCH3 is 2. The predicted molar refractivity (Wildman–Crippen MR) is 72.4 cm³/mol. The second-order valence-electron chi connectivity index (χ2n) is 4.18. The molecule has 6 nitrogen and oxygen atoms in total. The Hall–Kier alpha value is -2.05. The van der Waals surface area contributed by atoms with Gasteiger partial charge in [-0.3, -0.25) is 0 Å². The first-order valence-electron chi connectivity index (χ1n) is 6.20. The molecule has 0 unspecified atom stereocenters. The molecule has 20 heavy (non-hydrogen) atoms. The smallest absolute Gasteiger partial charge is 0.162 e. The van der Waals surface area contributed by atoms with E-state index in [0.717, 1.165) is 11.3 Å². The molecule has 0 saturated heterocycles. The van der Waals surface area contributed by atoms with Crippen LogP contribution in [0.1, 0.15) is 17.0 Å². The fourth-order valence-corrected chi connectivity index (χ4v) is 1.75. The van der Waals surface area contributed by atoms with Crippen molar-refractivity contribution < 1.29 is 18.7 Å². The summed E-state index contributed by atoms with van der Waals surface area (Å²) >= 11 is 0. The summed E-state index contributed by atoms with van der Waals surface area (Å²) in [5, 5.41) is 3.91. The average Bonchev–Trinajstić information content (AvgIpc) is 2.93. The fraction of sp³-hybridized carbons (Fsp3) is 0.357. The van der Waals surface area contributed by atoms with Crippen LogP contribution >= 0.6 is 0 Å². The number of ether oxygens (including phenoxy) is 3. The van der Waals surface area contributed by atoms with Crippen LogP contribution in [0.3, 0.4) is 0 Å². The zero-order valence-electron chi connectivity index (χ0n) is 11.6. The van der Waals surface area contributed by atoms with E-state index in [1.165, 1.54) is 0 Å². The average molecular weight is 278 g/mol. The molecule has 0 atom stereocenters. The third-order valence-corrected chi connectivity index (χ3v) is 2.76. The normalized spacial score (nSPS) is 10.6. The van der Waals surface area contributed by atoms with Crippen LogP contribution in [0.5, 0.6) is 11.5 Å². The summed E-state index contributed by atoms with van der Waals surface area (Å²) < 4.78 is 20.9. The summed E-state index contributed by atoms with van der Waals surface area (Å²) in [6, 6.07) is 7.33. The maximum absolute atomic E-state index is 5.72. The maximum Gasteiger partial charge on any atom is 0.162 e. The largest absolute Gasteiger partial charge is 0.497 e. The molecule has 2 rings (SSSR count). The summed E-state index contributed by atoms with van der Waals surface area (Å²) in [4.78, 5) is 0. The van der Waals surface area contributed by atoms with Gasteiger partial charge in [-0.05, 0) is 6.07 Å². The predicted octanol–water partition coefficient (Wildman–Crippen LogP) is 1.87. The van der Waals surface area contributed by atoms with E-state index < -0.39 is 0 Å². The van der Waals surface area contributed by atoms with Crippen molar-refractivity contribution in [3.63, 3.8) is 0 Å². The Bertz CT molecular complexity index is 554. The first-order valence-corrected chi connectivity index (χ1v) is 6.20. The molecular formula is C14H18N2O4. The van der Waals surface area contributed by atoms with Crippen LogP contribution in [0.2, 0.25) is 0 Å². The van der Waals surface area contributed by atoms with Gasteiger partial charge in [0.25, 0.3) is 0 Å². The molecule has 0 aliphatic heterocycles. The lowest BCUT2D eigenvalue weighted by molar-refractivity contribution is 0.155. The third-order valence-electron chi connectivity index (χ3n) is 2.76. The van der Waals surface area contributed by atoms with E-state index in [-0.39, 0.29) is 0 Å². The maximum atomic E-state index is 5.72. The summed E-state index contributed by atoms with van der Waals surface area (Å²) in [6.07, 6.45) is 0. The highest BCUT2D eigenvalue weighted by Gasteiger charge is 2.08. The van der Waals surface area contributed by atoms with Gasteiger partial charge in [-0.15, -0.1) is 0 Å². The van der Waals surface area contributed by atoms with Gasteiger partial charge in [0, 0.05) is 31.4 Å². The zero-order valence-corrected chi connectivity index (χ0v) is 11.6. The monoisotopic (exact) mass is 278 g/mol. The molecule has 0 saturated carbocycles. The highest BCUT2D eigenvalue weighted by atomic mass is 16.5. The summed E-state index contributed by atoms with van der Waals surface area (Å²) in [7, 11) is 3.21. The van der Waals surface area contributed by atoms with E-state index in [1.54, 1.807) is 26.4 Å². The van der Waals surface area contributed by atoms with E-state index in [2.05, 4.69) is 5.16 Å². The van der Waals surface area contributed by atoms with E-state index in [1.807, 2.05) is 12.1 Å². The van der Waals surface area contributed by atoms with Crippen molar-refractivity contribution in [1.82, 2.24) is 5.16 Å². The molecule has 1 aromatic heterocycles. The molecular weight excluding hydrogens is 260 g/mol. The summed E-state index contributed by atoms with van der Waals surface area (Å²) in [6.45, 7) is 1.08. The Kier molecular flexibility index (Phi) is 4.97. The molecule has 0 fully saturated rings. The summed E-state index contributed by atoms with van der Waals surface area (Å²) in [5.41, 5.74) is 7.29. The minimum Gasteiger partial charge on any atom is -0.497 e. The lowest BCUT2D eigenvalue weighted by Gasteiger charge is -2.10. The van der Waals surface area contributed by atoms with Gasteiger partial charge in [0.15, 0.2) is 5.76 Å². The van der Waals surface area contributed by atoms with Crippen LogP contribution in [0, 0.1) is 0 Å². The Balaban J connectivity index is 2.05. The van der Waals surface area contributed by atoms with Gasteiger partial charge in [-0.1, -0.05) is 11.2 Å². The molecule has 1 heterocycles. The molecule has 2 N–H and O–H groups in total. The minimum absolute atomic E-state index is 0.299. The molecule has 0 aliphatic rings. The van der Waals surface area contributed by atoms with Crippen LogP contribution in [0.15, 0.2) is 28.8 Å². The number of hydrogen-bond acceptors (Lipinski definition) is 6. The molecule has 0 radical (unpaired) electrons. The van der Waals surface area contributed by atoms with Crippen molar-refractivity contribution in [2.45, 2.75) is 19.8 Å². The van der Waals surface area contributed by atoms with Crippen molar-refractivity contribution in [3.05, 3.63) is 41.3 Å². The quantitative estimate of drug-likeness (QED) is 0.832. The second-order valence-corrected chi connectivity index (χ2v) is 4.18. The Morgan fingerprint density at radius 2 is 2.05 bits per heavy atom. The Morgan fingerprint density at radius 3 is 2.75 bits per heavy atom. The van der Waals surface area contributed by atoms with Crippen molar-refractivity contribution >= 4 is 0 Å². The van der Waals surface area contributed by atoms with Gasteiger partial charge < -0.3 is 24.5 Å². The van der Waals surface area contributed by atoms with Gasteiger partial charge in [0.1, 0.15) is 30.4 Å². The van der Waals surface area contributed by atoms with Crippen LogP contribution in [0.4, 0.5) is 0 Å². The lowest BCUT2D eigenvalue weighted by Crippen LogP contribution is -2.03. The van der Waals surface area contributed by atoms with E-state index in [0.29, 0.717) is 37.0 Å². The SMILES string of the molecule is COCc1cc(COc2cc(OC)ccc2CN)no1. The third kappa shape index (κ3) is 3.49. The van der Waals surface area contributed by atoms with Crippen LogP contribution < -0.4 is 15.2 Å². The number of nitrogens with zero attached hydrogens (tertiary/aromatic N) is 1. The van der Waals surface area contributed by atoms with E-state index in [4.69, 9.17) is 24.5 Å². The molecule has 0 amide bonds. The molecule has 108 valence electrons. The van der Waals surface area contributed by atoms with Crippen LogP contribution in [-0.4, -0.2) is 19.4 Å². The summed E-state index contributed by atoms with van der Waals surface area (Å²) in [5.74, 6) is 2.07. The first kappa shape index (κ1) is 14.4. The number of nitrogens with two attached hydrogens (primary N) is 1. The second kappa shape index (κ2) is 6.93.